The molecule has 2 aromatic rings. The van der Waals surface area contributed by atoms with E-state index in [1.165, 1.54) is 23.9 Å². The molecule has 0 spiro atoms. The van der Waals surface area contributed by atoms with Gasteiger partial charge in [-0.05, 0) is 12.3 Å². The molecule has 0 aliphatic heterocycles. The average molecular weight is 281 g/mol. The highest BCUT2D eigenvalue weighted by atomic mass is 32.2. The zero-order valence-electron chi connectivity index (χ0n) is 9.70. The molecule has 2 rings (SSSR count). The van der Waals surface area contributed by atoms with Gasteiger partial charge in [-0.3, -0.25) is 10.1 Å². The summed E-state index contributed by atoms with van der Waals surface area (Å²) in [6, 6.07) is 3.23. The Morgan fingerprint density at radius 1 is 1.37 bits per heavy atom. The normalized spacial score (nSPS) is 10.4. The summed E-state index contributed by atoms with van der Waals surface area (Å²) in [5, 5.41) is 10.9. The van der Waals surface area contributed by atoms with E-state index >= 15 is 0 Å². The molecule has 98 valence electrons. The Kier molecular flexibility index (Phi) is 3.56. The first-order valence-electron chi connectivity index (χ1n) is 5.01. The van der Waals surface area contributed by atoms with Crippen LogP contribution < -0.4 is 5.73 Å². The van der Waals surface area contributed by atoms with Gasteiger partial charge in [0.1, 0.15) is 5.82 Å². The predicted octanol–water partition coefficient (Wildman–Crippen LogP) is 1.89. The fourth-order valence-electron chi connectivity index (χ4n) is 1.38. The van der Waals surface area contributed by atoms with Crippen molar-refractivity contribution in [3.8, 4) is 11.4 Å². The van der Waals surface area contributed by atoms with E-state index in [-0.39, 0.29) is 23.0 Å². The minimum atomic E-state index is -0.785. The Bertz CT molecular complexity index is 652. The third kappa shape index (κ3) is 2.76. The van der Waals surface area contributed by atoms with E-state index in [1.807, 2.05) is 0 Å². The number of nitrogens with zero attached hydrogens (tertiary/aromatic N) is 4. The minimum Gasteiger partial charge on any atom is -0.368 e. The molecule has 0 aliphatic carbocycles. The summed E-state index contributed by atoms with van der Waals surface area (Å²) in [6.07, 6.45) is 1.74. The first-order chi connectivity index (χ1) is 9.01. The van der Waals surface area contributed by atoms with Crippen molar-refractivity contribution in [3.05, 3.63) is 34.1 Å². The zero-order chi connectivity index (χ0) is 14.0. The van der Waals surface area contributed by atoms with E-state index in [0.717, 1.165) is 6.07 Å². The lowest BCUT2D eigenvalue weighted by Crippen LogP contribution is -2.02. The molecule has 2 N–H and O–H groups in total. The van der Waals surface area contributed by atoms with Crippen LogP contribution in [0.1, 0.15) is 0 Å². The van der Waals surface area contributed by atoms with E-state index in [2.05, 4.69) is 15.0 Å². The molecule has 0 saturated heterocycles. The van der Waals surface area contributed by atoms with E-state index in [9.17, 15) is 14.5 Å². The van der Waals surface area contributed by atoms with Crippen LogP contribution >= 0.6 is 11.8 Å². The fourth-order valence-corrected chi connectivity index (χ4v) is 1.75. The van der Waals surface area contributed by atoms with Gasteiger partial charge in [-0.2, -0.15) is 9.97 Å². The number of benzene rings is 1. The maximum absolute atomic E-state index is 13.8. The molecule has 0 unspecified atom stereocenters. The number of rotatable bonds is 3. The molecule has 0 fully saturated rings. The molecule has 7 nitrogen and oxygen atoms in total. The molecular formula is C10H8FN5O2S. The molecule has 1 aromatic heterocycles. The van der Waals surface area contributed by atoms with Crippen LogP contribution in [0.5, 0.6) is 0 Å². The van der Waals surface area contributed by atoms with Crippen molar-refractivity contribution in [2.24, 2.45) is 0 Å². The summed E-state index contributed by atoms with van der Waals surface area (Å²) in [4.78, 5) is 21.5. The highest BCUT2D eigenvalue weighted by molar-refractivity contribution is 7.98. The number of aromatic nitrogens is 3. The number of hydrogen-bond donors (Lipinski definition) is 1. The van der Waals surface area contributed by atoms with E-state index < -0.39 is 10.7 Å². The molecule has 1 heterocycles. The minimum absolute atomic E-state index is 0.0351. The first-order valence-corrected chi connectivity index (χ1v) is 6.23. The number of halogens is 1. The van der Waals surface area contributed by atoms with Crippen LogP contribution in [0.15, 0.2) is 23.4 Å². The number of thioether (sulfide) groups is 1. The molecule has 0 bridgehead atoms. The molecular weight excluding hydrogens is 273 g/mol. The van der Waals surface area contributed by atoms with Gasteiger partial charge in [0, 0.05) is 6.07 Å². The van der Waals surface area contributed by atoms with Crippen LogP contribution in [0.3, 0.4) is 0 Å². The SMILES string of the molecule is CSc1nc(N)nc(-c2ccc([N+](=O)[O-])cc2F)n1. The van der Waals surface area contributed by atoms with Crippen LogP contribution in [-0.4, -0.2) is 26.1 Å². The van der Waals surface area contributed by atoms with Crippen LogP contribution in [0.4, 0.5) is 16.0 Å². The first kappa shape index (κ1) is 13.1. The number of non-ortho nitro benzene ring substituents is 1. The van der Waals surface area contributed by atoms with Gasteiger partial charge in [0.2, 0.25) is 5.95 Å². The Balaban J connectivity index is 2.53. The third-order valence-electron chi connectivity index (χ3n) is 2.22. The van der Waals surface area contributed by atoms with Gasteiger partial charge in [0.05, 0.1) is 16.6 Å². The van der Waals surface area contributed by atoms with Crippen molar-refractivity contribution >= 4 is 23.4 Å². The standard InChI is InChI=1S/C10H8FN5O2S/c1-19-10-14-8(13-9(12)15-10)6-3-2-5(16(17)18)4-7(6)11/h2-4H,1H3,(H2,12,13,14,15). The number of nitrogens with two attached hydrogens (primary N) is 1. The lowest BCUT2D eigenvalue weighted by Gasteiger charge is -2.04. The number of nitro benzene ring substituents is 1. The molecule has 0 aliphatic rings. The lowest BCUT2D eigenvalue weighted by molar-refractivity contribution is -0.385. The Morgan fingerprint density at radius 2 is 2.11 bits per heavy atom. The Hall–Kier alpha value is -2.29. The molecule has 19 heavy (non-hydrogen) atoms. The second kappa shape index (κ2) is 5.14. The average Bonchev–Trinajstić information content (AvgIpc) is 2.37. The Morgan fingerprint density at radius 3 is 2.68 bits per heavy atom. The van der Waals surface area contributed by atoms with Gasteiger partial charge in [0.15, 0.2) is 11.0 Å². The van der Waals surface area contributed by atoms with Gasteiger partial charge < -0.3 is 5.73 Å². The smallest absolute Gasteiger partial charge is 0.272 e. The molecule has 0 saturated carbocycles. The molecule has 0 radical (unpaired) electrons. The van der Waals surface area contributed by atoms with Crippen molar-refractivity contribution in [3.63, 3.8) is 0 Å². The quantitative estimate of drug-likeness (QED) is 0.520. The summed E-state index contributed by atoms with van der Waals surface area (Å²) in [5.74, 6) is -0.775. The Labute approximate surface area is 111 Å². The van der Waals surface area contributed by atoms with Crippen molar-refractivity contribution in [1.29, 1.82) is 0 Å². The molecule has 0 amide bonds. The van der Waals surface area contributed by atoms with Gasteiger partial charge in [-0.25, -0.2) is 9.37 Å². The number of anilines is 1. The largest absolute Gasteiger partial charge is 0.368 e. The fraction of sp³-hybridized carbons (Fsp3) is 0.100. The van der Waals surface area contributed by atoms with Crippen molar-refractivity contribution in [2.75, 3.05) is 12.0 Å². The molecule has 1 aromatic carbocycles. The third-order valence-corrected chi connectivity index (χ3v) is 2.77. The maximum Gasteiger partial charge on any atom is 0.272 e. The predicted molar refractivity (Wildman–Crippen MR) is 68.1 cm³/mol. The topological polar surface area (TPSA) is 108 Å². The highest BCUT2D eigenvalue weighted by Crippen LogP contribution is 2.25. The van der Waals surface area contributed by atoms with Crippen molar-refractivity contribution in [1.82, 2.24) is 15.0 Å². The van der Waals surface area contributed by atoms with Gasteiger partial charge in [0.25, 0.3) is 5.69 Å². The number of nitrogen functional groups attached to an aromatic ring is 1. The van der Waals surface area contributed by atoms with Crippen LogP contribution in [-0.2, 0) is 0 Å². The van der Waals surface area contributed by atoms with Crippen LogP contribution in [0.25, 0.3) is 11.4 Å². The van der Waals surface area contributed by atoms with Gasteiger partial charge in [-0.15, -0.1) is 0 Å². The van der Waals surface area contributed by atoms with Crippen LogP contribution in [0, 0.1) is 15.9 Å². The summed E-state index contributed by atoms with van der Waals surface area (Å²) < 4.78 is 13.8. The van der Waals surface area contributed by atoms with E-state index in [4.69, 9.17) is 5.73 Å². The van der Waals surface area contributed by atoms with Gasteiger partial charge >= 0.3 is 0 Å². The highest BCUT2D eigenvalue weighted by Gasteiger charge is 2.15. The van der Waals surface area contributed by atoms with Gasteiger partial charge in [-0.1, -0.05) is 11.8 Å². The number of hydrogen-bond acceptors (Lipinski definition) is 7. The van der Waals surface area contributed by atoms with Crippen LogP contribution in [0.2, 0.25) is 0 Å². The summed E-state index contributed by atoms with van der Waals surface area (Å²) in [7, 11) is 0. The summed E-state index contributed by atoms with van der Waals surface area (Å²) in [6.45, 7) is 0. The second-order valence-corrected chi connectivity index (χ2v) is 4.20. The molecule has 0 atom stereocenters. The van der Waals surface area contributed by atoms with E-state index in [1.54, 1.807) is 6.26 Å². The second-order valence-electron chi connectivity index (χ2n) is 3.43. The lowest BCUT2D eigenvalue weighted by atomic mass is 10.2. The summed E-state index contributed by atoms with van der Waals surface area (Å²) >= 11 is 1.23. The summed E-state index contributed by atoms with van der Waals surface area (Å²) in [5.41, 5.74) is 5.19. The van der Waals surface area contributed by atoms with E-state index in [0.29, 0.717) is 5.16 Å². The zero-order valence-corrected chi connectivity index (χ0v) is 10.5. The van der Waals surface area contributed by atoms with Crippen molar-refractivity contribution in [2.45, 2.75) is 5.16 Å². The van der Waals surface area contributed by atoms with Crippen molar-refractivity contribution < 1.29 is 9.31 Å². The number of nitro groups is 1. The molecule has 9 heteroatoms. The monoisotopic (exact) mass is 281 g/mol. The maximum atomic E-state index is 13.8.